The van der Waals surface area contributed by atoms with E-state index in [2.05, 4.69) is 0 Å². The van der Waals surface area contributed by atoms with E-state index in [1.54, 1.807) is 6.07 Å². The van der Waals surface area contributed by atoms with Crippen LogP contribution in [-0.2, 0) is 11.2 Å². The molecular weight excluding hydrogens is 432 g/mol. The SMILES string of the molecule is O=C1C[C@@H](c2ccc(O)c(O)c2)c2c(O)cc3c(c2O1)C[C@@H](O)[C@@H](c1ccc(O)c(O)c1)O3. The number of aliphatic hydroxyl groups excluding tert-OH is 1. The van der Waals surface area contributed by atoms with Gasteiger partial charge in [-0.25, -0.2) is 0 Å². The predicted octanol–water partition coefficient (Wildman–Crippen LogP) is 2.69. The van der Waals surface area contributed by atoms with Crippen LogP contribution < -0.4 is 9.47 Å². The second kappa shape index (κ2) is 7.49. The molecule has 0 saturated carbocycles. The molecule has 0 unspecified atom stereocenters. The summed E-state index contributed by atoms with van der Waals surface area (Å²) in [5.74, 6) is -2.46. The van der Waals surface area contributed by atoms with Gasteiger partial charge in [-0.05, 0) is 35.4 Å². The number of hydrogen-bond acceptors (Lipinski definition) is 9. The topological polar surface area (TPSA) is 157 Å². The van der Waals surface area contributed by atoms with E-state index in [1.165, 1.54) is 36.4 Å². The fourth-order valence-corrected chi connectivity index (χ4v) is 4.44. The van der Waals surface area contributed by atoms with Gasteiger partial charge >= 0.3 is 5.97 Å². The predicted molar refractivity (Wildman–Crippen MR) is 113 cm³/mol. The molecule has 9 nitrogen and oxygen atoms in total. The number of benzene rings is 3. The van der Waals surface area contributed by atoms with Crippen LogP contribution in [0.3, 0.4) is 0 Å². The Bertz CT molecular complexity index is 1280. The van der Waals surface area contributed by atoms with Crippen LogP contribution in [-0.4, -0.2) is 42.7 Å². The second-order valence-corrected chi connectivity index (χ2v) is 8.15. The number of phenols is 5. The van der Waals surface area contributed by atoms with Crippen molar-refractivity contribution >= 4 is 5.97 Å². The molecule has 3 atom stereocenters. The maximum atomic E-state index is 12.4. The third-order valence-electron chi connectivity index (χ3n) is 6.04. The van der Waals surface area contributed by atoms with Gasteiger partial charge in [-0.2, -0.15) is 0 Å². The van der Waals surface area contributed by atoms with E-state index in [1.807, 2.05) is 0 Å². The maximum Gasteiger partial charge on any atom is 0.312 e. The minimum absolute atomic E-state index is 0.0328. The summed E-state index contributed by atoms with van der Waals surface area (Å²) in [6, 6.07) is 9.59. The van der Waals surface area contributed by atoms with Crippen molar-refractivity contribution in [1.82, 2.24) is 0 Å². The average molecular weight is 452 g/mol. The molecule has 5 rings (SSSR count). The fourth-order valence-electron chi connectivity index (χ4n) is 4.44. The highest BCUT2D eigenvalue weighted by atomic mass is 16.5. The highest BCUT2D eigenvalue weighted by Crippen LogP contribution is 2.52. The Morgan fingerprint density at radius 1 is 0.758 bits per heavy atom. The van der Waals surface area contributed by atoms with E-state index >= 15 is 0 Å². The Balaban J connectivity index is 1.59. The Hall–Kier alpha value is -4.11. The van der Waals surface area contributed by atoms with E-state index in [9.17, 15) is 35.4 Å². The number of carbonyl (C=O) groups is 1. The van der Waals surface area contributed by atoms with Crippen LogP contribution in [0.1, 0.15) is 40.7 Å². The van der Waals surface area contributed by atoms with Crippen molar-refractivity contribution in [1.29, 1.82) is 0 Å². The van der Waals surface area contributed by atoms with Crippen LogP contribution in [0.2, 0.25) is 0 Å². The van der Waals surface area contributed by atoms with Crippen LogP contribution in [0.25, 0.3) is 0 Å². The first-order chi connectivity index (χ1) is 15.7. The summed E-state index contributed by atoms with van der Waals surface area (Å²) in [5.41, 5.74) is 1.62. The van der Waals surface area contributed by atoms with Crippen molar-refractivity contribution in [3.63, 3.8) is 0 Å². The smallest absolute Gasteiger partial charge is 0.312 e. The molecule has 33 heavy (non-hydrogen) atoms. The number of fused-ring (bicyclic) bond motifs is 3. The Labute approximate surface area is 187 Å². The third kappa shape index (κ3) is 3.42. The van der Waals surface area contributed by atoms with Gasteiger partial charge in [-0.1, -0.05) is 12.1 Å². The summed E-state index contributed by atoms with van der Waals surface area (Å²) in [6.07, 6.45) is -2.04. The molecule has 2 aliphatic rings. The molecule has 3 aromatic carbocycles. The summed E-state index contributed by atoms with van der Waals surface area (Å²) < 4.78 is 11.4. The molecule has 170 valence electrons. The molecule has 0 aromatic heterocycles. The van der Waals surface area contributed by atoms with Crippen molar-refractivity contribution in [3.05, 3.63) is 64.7 Å². The van der Waals surface area contributed by atoms with Gasteiger partial charge in [0.05, 0.1) is 12.5 Å². The van der Waals surface area contributed by atoms with Gasteiger partial charge in [0.1, 0.15) is 23.4 Å². The lowest BCUT2D eigenvalue weighted by molar-refractivity contribution is -0.135. The van der Waals surface area contributed by atoms with Crippen molar-refractivity contribution in [2.75, 3.05) is 0 Å². The van der Waals surface area contributed by atoms with Gasteiger partial charge in [0.15, 0.2) is 23.0 Å². The minimum atomic E-state index is -1.08. The molecule has 0 radical (unpaired) electrons. The lowest BCUT2D eigenvalue weighted by Crippen LogP contribution is -2.32. The summed E-state index contributed by atoms with van der Waals surface area (Å²) in [6.45, 7) is 0. The molecule has 0 fully saturated rings. The van der Waals surface area contributed by atoms with Crippen molar-refractivity contribution in [2.45, 2.75) is 31.0 Å². The summed E-state index contributed by atoms with van der Waals surface area (Å²) in [7, 11) is 0. The van der Waals surface area contributed by atoms with Crippen molar-refractivity contribution in [2.24, 2.45) is 0 Å². The largest absolute Gasteiger partial charge is 0.507 e. The Kier molecular flexibility index (Phi) is 4.71. The van der Waals surface area contributed by atoms with Crippen LogP contribution in [0.5, 0.6) is 40.2 Å². The monoisotopic (exact) mass is 452 g/mol. The number of rotatable bonds is 2. The quantitative estimate of drug-likeness (QED) is 0.195. The molecular formula is C24H20O9. The van der Waals surface area contributed by atoms with Crippen molar-refractivity contribution < 1.29 is 44.9 Å². The normalized spacial score (nSPS) is 21.5. The first kappa shape index (κ1) is 20.8. The highest BCUT2D eigenvalue weighted by molar-refractivity contribution is 5.80. The number of aliphatic hydroxyl groups is 1. The number of phenolic OH excluding ortho intramolecular Hbond substituents is 5. The van der Waals surface area contributed by atoms with Crippen LogP contribution in [0, 0.1) is 0 Å². The van der Waals surface area contributed by atoms with E-state index in [4.69, 9.17) is 9.47 Å². The molecule has 3 aromatic rings. The van der Waals surface area contributed by atoms with E-state index in [0.29, 0.717) is 22.3 Å². The van der Waals surface area contributed by atoms with Crippen LogP contribution in [0.15, 0.2) is 42.5 Å². The summed E-state index contributed by atoms with van der Waals surface area (Å²) in [4.78, 5) is 12.4. The number of ether oxygens (including phenoxy) is 2. The Morgan fingerprint density at radius 2 is 1.39 bits per heavy atom. The number of hydrogen-bond donors (Lipinski definition) is 6. The van der Waals surface area contributed by atoms with Gasteiger partial charge in [0.25, 0.3) is 0 Å². The first-order valence-electron chi connectivity index (χ1n) is 10.2. The summed E-state index contributed by atoms with van der Waals surface area (Å²) in [5, 5.41) is 60.5. The van der Waals surface area contributed by atoms with Gasteiger partial charge < -0.3 is 40.1 Å². The zero-order valence-electron chi connectivity index (χ0n) is 17.1. The zero-order chi connectivity index (χ0) is 23.4. The zero-order valence-corrected chi connectivity index (χ0v) is 17.1. The van der Waals surface area contributed by atoms with Crippen LogP contribution in [0.4, 0.5) is 0 Å². The molecule has 9 heteroatoms. The molecule has 0 spiro atoms. The highest BCUT2D eigenvalue weighted by Gasteiger charge is 2.39. The van der Waals surface area contributed by atoms with Gasteiger partial charge in [0, 0.05) is 29.5 Å². The molecule has 2 heterocycles. The van der Waals surface area contributed by atoms with Gasteiger partial charge in [-0.15, -0.1) is 0 Å². The lowest BCUT2D eigenvalue weighted by Gasteiger charge is -2.35. The number of esters is 1. The number of aromatic hydroxyl groups is 5. The second-order valence-electron chi connectivity index (χ2n) is 8.15. The van der Waals surface area contributed by atoms with Gasteiger partial charge in [-0.3, -0.25) is 4.79 Å². The first-order valence-corrected chi connectivity index (χ1v) is 10.2. The third-order valence-corrected chi connectivity index (χ3v) is 6.04. The fraction of sp³-hybridized carbons (Fsp3) is 0.208. The van der Waals surface area contributed by atoms with E-state index < -0.39 is 24.1 Å². The average Bonchev–Trinajstić information content (AvgIpc) is 2.77. The number of carbonyl (C=O) groups excluding carboxylic acids is 1. The molecule has 0 bridgehead atoms. The molecule has 0 saturated heterocycles. The van der Waals surface area contributed by atoms with E-state index in [0.717, 1.165) is 0 Å². The lowest BCUT2D eigenvalue weighted by atomic mass is 9.82. The van der Waals surface area contributed by atoms with E-state index in [-0.39, 0.29) is 53.1 Å². The van der Waals surface area contributed by atoms with Crippen LogP contribution >= 0.6 is 0 Å². The van der Waals surface area contributed by atoms with Gasteiger partial charge in [0.2, 0.25) is 0 Å². The molecule has 2 aliphatic heterocycles. The minimum Gasteiger partial charge on any atom is -0.507 e. The van der Waals surface area contributed by atoms with Crippen molar-refractivity contribution in [3.8, 4) is 40.2 Å². The Morgan fingerprint density at radius 3 is 2.06 bits per heavy atom. The standard InChI is InChI=1S/C24H20O9/c25-14-3-1-10(5-16(14)27)12-8-21(31)33-24-13-7-19(30)23(11-2-4-15(26)17(28)6-11)32-20(13)9-18(29)22(12)24/h1-6,9,12,19,23,25-30H,7-8H2/t12-,19+,23+/m0/s1. The summed E-state index contributed by atoms with van der Waals surface area (Å²) >= 11 is 0. The molecule has 0 amide bonds. The molecule has 0 aliphatic carbocycles. The molecule has 6 N–H and O–H groups in total. The maximum absolute atomic E-state index is 12.4.